The van der Waals surface area contributed by atoms with Crippen LogP contribution in [0.25, 0.3) is 5.70 Å². The number of rotatable bonds is 4. The zero-order chi connectivity index (χ0) is 20.6. The quantitative estimate of drug-likeness (QED) is 0.815. The Balaban J connectivity index is 1.83. The molecule has 2 aliphatic rings. The molecule has 4 rings (SSSR count). The van der Waals surface area contributed by atoms with Crippen LogP contribution in [0.15, 0.2) is 58.3 Å². The van der Waals surface area contributed by atoms with Gasteiger partial charge in [0.2, 0.25) is 9.84 Å². The maximum Gasteiger partial charge on any atom is 0.269 e. The molecule has 1 unspecified atom stereocenters. The van der Waals surface area contributed by atoms with Crippen molar-refractivity contribution in [1.29, 1.82) is 0 Å². The van der Waals surface area contributed by atoms with E-state index in [9.17, 15) is 17.6 Å². The summed E-state index contributed by atoms with van der Waals surface area (Å²) in [6, 6.07) is 12.2. The third-order valence-electron chi connectivity index (χ3n) is 5.61. The van der Waals surface area contributed by atoms with Crippen LogP contribution in [-0.4, -0.2) is 31.8 Å². The molecular formula is C22H23FN2O3S. The van der Waals surface area contributed by atoms with E-state index < -0.39 is 21.6 Å². The van der Waals surface area contributed by atoms with Crippen molar-refractivity contribution in [3.05, 3.63) is 64.8 Å². The summed E-state index contributed by atoms with van der Waals surface area (Å²) in [5.74, 6) is -1.12. The normalized spacial score (nSPS) is 20.5. The summed E-state index contributed by atoms with van der Waals surface area (Å²) in [6.45, 7) is 2.79. The molecule has 5 nitrogen and oxygen atoms in total. The number of hydrogen-bond acceptors (Lipinski definition) is 4. The van der Waals surface area contributed by atoms with E-state index >= 15 is 0 Å². The maximum atomic E-state index is 13.3. The second-order valence-corrected chi connectivity index (χ2v) is 9.24. The number of benzene rings is 2. The van der Waals surface area contributed by atoms with Gasteiger partial charge in [0, 0.05) is 23.8 Å². The predicted molar refractivity (Wildman–Crippen MR) is 110 cm³/mol. The summed E-state index contributed by atoms with van der Waals surface area (Å²) in [7, 11) is -3.95. The SMILES string of the molecule is CCC1CCCCN1C1=C(C(=O)Nc2ccc(F)cc2)S(=O)(=O)c2ccccc21. The Labute approximate surface area is 170 Å². The standard InChI is InChI=1S/C22H23FN2O3S/c1-2-17-7-5-6-14-25(17)20-18-8-3-4-9-19(18)29(27,28)21(20)22(26)24-16-12-10-15(23)11-13-16/h3-4,8-13,17H,2,5-7,14H2,1H3,(H,24,26). The predicted octanol–water partition coefficient (Wildman–Crippen LogP) is 4.18. The van der Waals surface area contributed by atoms with Crippen molar-refractivity contribution in [3.63, 3.8) is 0 Å². The number of nitrogens with zero attached hydrogens (tertiary/aromatic N) is 1. The zero-order valence-corrected chi connectivity index (χ0v) is 17.0. The number of carbonyl (C=O) groups is 1. The van der Waals surface area contributed by atoms with E-state index in [1.54, 1.807) is 24.3 Å². The fourth-order valence-electron chi connectivity index (χ4n) is 4.21. The number of nitrogens with one attached hydrogen (secondary N) is 1. The number of sulfone groups is 1. The van der Waals surface area contributed by atoms with Gasteiger partial charge >= 0.3 is 0 Å². The lowest BCUT2D eigenvalue weighted by Gasteiger charge is -2.38. The number of hydrogen-bond donors (Lipinski definition) is 1. The molecule has 2 aliphatic heterocycles. The van der Waals surface area contributed by atoms with Gasteiger partial charge in [-0.3, -0.25) is 4.79 Å². The number of piperidine rings is 1. The highest BCUT2D eigenvalue weighted by Crippen LogP contribution is 2.43. The largest absolute Gasteiger partial charge is 0.367 e. The molecule has 1 N–H and O–H groups in total. The number of likely N-dealkylation sites (tertiary alicyclic amines) is 1. The lowest BCUT2D eigenvalue weighted by molar-refractivity contribution is -0.112. The molecule has 0 bridgehead atoms. The average Bonchev–Trinajstić information content (AvgIpc) is 2.97. The molecule has 2 aromatic carbocycles. The van der Waals surface area contributed by atoms with Crippen LogP contribution in [0.5, 0.6) is 0 Å². The summed E-state index contributed by atoms with van der Waals surface area (Å²) in [5.41, 5.74) is 1.42. The Morgan fingerprint density at radius 3 is 2.59 bits per heavy atom. The molecule has 0 aromatic heterocycles. The summed E-state index contributed by atoms with van der Waals surface area (Å²) < 4.78 is 39.8. The second kappa shape index (κ2) is 7.63. The molecule has 0 saturated carbocycles. The fraction of sp³-hybridized carbons (Fsp3) is 0.318. The van der Waals surface area contributed by atoms with Crippen molar-refractivity contribution in [3.8, 4) is 0 Å². The van der Waals surface area contributed by atoms with E-state index in [1.807, 2.05) is 0 Å². The van der Waals surface area contributed by atoms with E-state index in [0.29, 0.717) is 23.5 Å². The van der Waals surface area contributed by atoms with Gasteiger partial charge in [0.05, 0.1) is 10.6 Å². The lowest BCUT2D eigenvalue weighted by Crippen LogP contribution is -2.38. The first-order valence-electron chi connectivity index (χ1n) is 9.86. The van der Waals surface area contributed by atoms with Gasteiger partial charge in [-0.05, 0) is 56.0 Å². The number of amides is 1. The molecule has 1 saturated heterocycles. The number of carbonyl (C=O) groups excluding carboxylic acids is 1. The molecule has 0 aliphatic carbocycles. The van der Waals surface area contributed by atoms with Crippen LogP contribution in [0.1, 0.15) is 38.2 Å². The summed E-state index contributed by atoms with van der Waals surface area (Å²) in [4.78, 5) is 15.2. The van der Waals surface area contributed by atoms with Gasteiger partial charge in [-0.15, -0.1) is 0 Å². The highest BCUT2D eigenvalue weighted by molar-refractivity contribution is 7.97. The van der Waals surface area contributed by atoms with E-state index in [0.717, 1.165) is 25.7 Å². The van der Waals surface area contributed by atoms with Crippen molar-refractivity contribution in [2.75, 3.05) is 11.9 Å². The van der Waals surface area contributed by atoms with Crippen LogP contribution in [-0.2, 0) is 14.6 Å². The molecule has 1 fully saturated rings. The first-order valence-corrected chi connectivity index (χ1v) is 11.3. The molecule has 152 valence electrons. The van der Waals surface area contributed by atoms with Crippen LogP contribution in [0.3, 0.4) is 0 Å². The van der Waals surface area contributed by atoms with Crippen molar-refractivity contribution in [2.24, 2.45) is 0 Å². The number of anilines is 1. The van der Waals surface area contributed by atoms with E-state index in [4.69, 9.17) is 0 Å². The van der Waals surface area contributed by atoms with Gasteiger partial charge in [-0.25, -0.2) is 12.8 Å². The Morgan fingerprint density at radius 1 is 1.14 bits per heavy atom. The molecule has 2 aromatic rings. The minimum absolute atomic E-state index is 0.166. The highest BCUT2D eigenvalue weighted by Gasteiger charge is 2.43. The Hall–Kier alpha value is -2.67. The molecule has 1 atom stereocenters. The number of halogens is 1. The van der Waals surface area contributed by atoms with E-state index in [1.165, 1.54) is 24.3 Å². The van der Waals surface area contributed by atoms with Gasteiger partial charge in [-0.1, -0.05) is 25.1 Å². The van der Waals surface area contributed by atoms with Gasteiger partial charge in [0.15, 0.2) is 4.91 Å². The monoisotopic (exact) mass is 414 g/mol. The third kappa shape index (κ3) is 3.44. The van der Waals surface area contributed by atoms with Gasteiger partial charge in [-0.2, -0.15) is 0 Å². The first-order chi connectivity index (χ1) is 13.9. The number of fused-ring (bicyclic) bond motifs is 1. The van der Waals surface area contributed by atoms with Crippen molar-refractivity contribution >= 4 is 27.1 Å². The fourth-order valence-corrected chi connectivity index (χ4v) is 5.92. The molecule has 7 heteroatoms. The Morgan fingerprint density at radius 2 is 1.86 bits per heavy atom. The average molecular weight is 415 g/mol. The Bertz CT molecular complexity index is 1080. The molecule has 0 spiro atoms. The summed E-state index contributed by atoms with van der Waals surface area (Å²) in [5, 5.41) is 2.63. The topological polar surface area (TPSA) is 66.5 Å². The second-order valence-electron chi connectivity index (χ2n) is 7.39. The lowest BCUT2D eigenvalue weighted by atomic mass is 9.97. The summed E-state index contributed by atoms with van der Waals surface area (Å²) >= 11 is 0. The molecule has 2 heterocycles. The first kappa shape index (κ1) is 19.6. The van der Waals surface area contributed by atoms with Gasteiger partial charge in [0.1, 0.15) is 5.82 Å². The highest BCUT2D eigenvalue weighted by atomic mass is 32.2. The molecule has 0 radical (unpaired) electrons. The molecule has 1 amide bonds. The van der Waals surface area contributed by atoms with Crippen molar-refractivity contribution in [2.45, 2.75) is 43.5 Å². The maximum absolute atomic E-state index is 13.3. The van der Waals surface area contributed by atoms with Crippen LogP contribution in [0, 0.1) is 5.82 Å². The minimum atomic E-state index is -3.95. The Kier molecular flexibility index (Phi) is 5.17. The van der Waals surface area contributed by atoms with Crippen molar-refractivity contribution in [1.82, 2.24) is 4.90 Å². The zero-order valence-electron chi connectivity index (χ0n) is 16.2. The van der Waals surface area contributed by atoms with Crippen LogP contribution >= 0.6 is 0 Å². The van der Waals surface area contributed by atoms with Crippen molar-refractivity contribution < 1.29 is 17.6 Å². The molecular weight excluding hydrogens is 391 g/mol. The molecule has 29 heavy (non-hydrogen) atoms. The smallest absolute Gasteiger partial charge is 0.269 e. The minimum Gasteiger partial charge on any atom is -0.367 e. The summed E-state index contributed by atoms with van der Waals surface area (Å²) in [6.07, 6.45) is 3.89. The van der Waals surface area contributed by atoms with Crippen LogP contribution in [0.4, 0.5) is 10.1 Å². The van der Waals surface area contributed by atoms with E-state index in [-0.39, 0.29) is 15.8 Å². The van der Waals surface area contributed by atoms with Crippen LogP contribution in [0.2, 0.25) is 0 Å². The van der Waals surface area contributed by atoms with Crippen LogP contribution < -0.4 is 5.32 Å². The van der Waals surface area contributed by atoms with Gasteiger partial charge < -0.3 is 10.2 Å². The van der Waals surface area contributed by atoms with Gasteiger partial charge in [0.25, 0.3) is 5.91 Å². The van der Waals surface area contributed by atoms with E-state index in [2.05, 4.69) is 17.1 Å². The third-order valence-corrected chi connectivity index (χ3v) is 7.46.